The largest absolute Gasteiger partial charge is 0.457 e. The number of thioether (sulfide) groups is 1. The van der Waals surface area contributed by atoms with E-state index in [1.165, 1.54) is 99.1 Å². The lowest BCUT2D eigenvalue weighted by Crippen LogP contribution is -2.37. The molecule has 308 valence electrons. The zero-order valence-corrected chi connectivity index (χ0v) is 36.6. The Hall–Kier alpha value is -7.33. The second-order valence-corrected chi connectivity index (χ2v) is 19.2. The molecule has 14 rings (SSSR count). The summed E-state index contributed by atoms with van der Waals surface area (Å²) in [5.74, 6) is 1.82. The van der Waals surface area contributed by atoms with Gasteiger partial charge in [-0.3, -0.25) is 0 Å². The van der Waals surface area contributed by atoms with Gasteiger partial charge in [0.25, 0.3) is 0 Å². The van der Waals surface area contributed by atoms with Crippen molar-refractivity contribution >= 4 is 28.7 Å². The van der Waals surface area contributed by atoms with Gasteiger partial charge in [0, 0.05) is 33.8 Å². The van der Waals surface area contributed by atoms with Crippen LogP contribution < -0.4 is 9.64 Å². The van der Waals surface area contributed by atoms with E-state index in [1.807, 2.05) is 11.8 Å². The van der Waals surface area contributed by atoms with Gasteiger partial charge >= 0.3 is 0 Å². The van der Waals surface area contributed by atoms with Gasteiger partial charge in [-0.2, -0.15) is 0 Å². The molecule has 0 bridgehead atoms. The van der Waals surface area contributed by atoms with Gasteiger partial charge in [0.1, 0.15) is 11.5 Å². The minimum atomic E-state index is -0.556. The van der Waals surface area contributed by atoms with Gasteiger partial charge in [-0.15, -0.1) is 0 Å². The van der Waals surface area contributed by atoms with Crippen LogP contribution in [0, 0.1) is 0 Å². The number of hydrogen-bond acceptors (Lipinski definition) is 3. The fourth-order valence-corrected chi connectivity index (χ4v) is 13.7. The lowest BCUT2D eigenvalue weighted by molar-refractivity contribution is 0.436. The maximum Gasteiger partial charge on any atom is 0.132 e. The summed E-state index contributed by atoms with van der Waals surface area (Å²) < 4.78 is 6.72. The highest BCUT2D eigenvalue weighted by atomic mass is 32.2. The van der Waals surface area contributed by atoms with Crippen LogP contribution in [-0.2, 0) is 10.8 Å². The predicted molar refractivity (Wildman–Crippen MR) is 267 cm³/mol. The third-order valence-corrected chi connectivity index (χ3v) is 16.2. The van der Waals surface area contributed by atoms with Crippen LogP contribution in [0.3, 0.4) is 0 Å². The molecular weight excluding hydrogens is 807 g/mol. The lowest BCUT2D eigenvalue weighted by atomic mass is 9.65. The van der Waals surface area contributed by atoms with Gasteiger partial charge in [-0.05, 0) is 127 Å². The molecule has 0 amide bonds. The van der Waals surface area contributed by atoms with Crippen LogP contribution in [0.25, 0.3) is 27.8 Å². The Morgan fingerprint density at radius 1 is 0.477 bits per heavy atom. The molecule has 3 heteroatoms. The van der Waals surface area contributed by atoms with Crippen LogP contribution in [-0.4, -0.2) is 6.04 Å². The number of anilines is 2. The summed E-state index contributed by atoms with van der Waals surface area (Å²) in [6.45, 7) is 0. The number of benzene rings is 8. The average molecular weight is 850 g/mol. The maximum atomic E-state index is 6.72. The van der Waals surface area contributed by atoms with Crippen molar-refractivity contribution in [3.63, 3.8) is 0 Å². The maximum absolute atomic E-state index is 6.72. The van der Waals surface area contributed by atoms with Gasteiger partial charge in [0.15, 0.2) is 0 Å². The van der Waals surface area contributed by atoms with Crippen molar-refractivity contribution in [1.82, 2.24) is 0 Å². The second kappa shape index (κ2) is 14.1. The molecule has 1 unspecified atom stereocenters. The van der Waals surface area contributed by atoms with Crippen LogP contribution in [0.1, 0.15) is 63.8 Å². The molecule has 2 nitrogen and oxygen atoms in total. The Balaban J connectivity index is 0.970. The number of nitrogens with zero attached hydrogens (tertiary/aromatic N) is 1. The number of rotatable bonds is 4. The highest BCUT2D eigenvalue weighted by Crippen LogP contribution is 2.65. The Bertz CT molecular complexity index is 3350. The summed E-state index contributed by atoms with van der Waals surface area (Å²) >= 11 is 1.97. The van der Waals surface area contributed by atoms with E-state index in [9.17, 15) is 0 Å². The number of fused-ring (bicyclic) bond motifs is 17. The first-order valence-corrected chi connectivity index (χ1v) is 23.8. The Kier molecular flexibility index (Phi) is 8.04. The third-order valence-electron chi connectivity index (χ3n) is 15.0. The molecule has 0 radical (unpaired) electrons. The van der Waals surface area contributed by atoms with Crippen LogP contribution in [0.5, 0.6) is 11.5 Å². The van der Waals surface area contributed by atoms with E-state index >= 15 is 0 Å². The zero-order valence-electron chi connectivity index (χ0n) is 35.7. The normalized spacial score (nSPS) is 18.0. The topological polar surface area (TPSA) is 12.5 Å². The molecule has 2 aliphatic heterocycles. The van der Waals surface area contributed by atoms with E-state index < -0.39 is 10.8 Å². The Morgan fingerprint density at radius 2 is 1.03 bits per heavy atom. The van der Waals surface area contributed by atoms with E-state index in [1.54, 1.807) is 0 Å². The van der Waals surface area contributed by atoms with Crippen LogP contribution in [0.4, 0.5) is 11.4 Å². The molecule has 65 heavy (non-hydrogen) atoms. The molecule has 6 aliphatic rings. The van der Waals surface area contributed by atoms with E-state index in [-0.39, 0.29) is 6.04 Å². The van der Waals surface area contributed by atoms with Crippen LogP contribution in [0.15, 0.2) is 234 Å². The highest BCUT2D eigenvalue weighted by Gasteiger charge is 2.53. The highest BCUT2D eigenvalue weighted by molar-refractivity contribution is 8.03. The van der Waals surface area contributed by atoms with Crippen molar-refractivity contribution in [2.24, 2.45) is 0 Å². The van der Waals surface area contributed by atoms with Crippen LogP contribution >= 0.6 is 11.8 Å². The predicted octanol–water partition coefficient (Wildman–Crippen LogP) is 15.7. The van der Waals surface area contributed by atoms with Crippen molar-refractivity contribution in [2.45, 2.75) is 41.0 Å². The summed E-state index contributed by atoms with van der Waals surface area (Å²) in [7, 11) is 0. The molecule has 0 N–H and O–H groups in total. The molecule has 0 saturated heterocycles. The lowest BCUT2D eigenvalue weighted by Gasteiger charge is -2.44. The summed E-state index contributed by atoms with van der Waals surface area (Å²) in [6, 6.07) is 70.4. The summed E-state index contributed by atoms with van der Waals surface area (Å²) in [6.07, 6.45) is 15.0. The standard InChI is InChI=1S/C62H43NOS/c1-2-16-40(17-3-1)41-30-32-42(33-31-41)63(43-34-36-48-47-20-6-9-23-51(47)62(56(48)38-43)52-24-10-13-27-57(52)64-58-28-14-11-25-53(58)62)44-35-37-55-60(39-44)65-59-29-15-12-26-54(59)61(55)49-21-7-4-18-45(49)46-19-5-8-22-50(46)61/h2,4-38,44H,1,3,39H2. The van der Waals surface area contributed by atoms with Crippen molar-refractivity contribution in [1.29, 1.82) is 0 Å². The average Bonchev–Trinajstić information content (AvgIpc) is 3.83. The Morgan fingerprint density at radius 3 is 1.68 bits per heavy atom. The first-order valence-electron chi connectivity index (χ1n) is 23.0. The molecule has 8 aromatic rings. The first kappa shape index (κ1) is 37.1. The third kappa shape index (κ3) is 5.08. The number of para-hydroxylation sites is 2. The summed E-state index contributed by atoms with van der Waals surface area (Å²) in [5, 5.41) is 0. The van der Waals surface area contributed by atoms with Gasteiger partial charge in [-0.1, -0.05) is 188 Å². The first-order chi connectivity index (χ1) is 32.2. The second-order valence-electron chi connectivity index (χ2n) is 18.1. The fourth-order valence-electron chi connectivity index (χ4n) is 12.4. The smallest absolute Gasteiger partial charge is 0.132 e. The molecule has 0 aromatic heterocycles. The fraction of sp³-hybridized carbons (Fsp3) is 0.0968. The monoisotopic (exact) mass is 849 g/mol. The van der Waals surface area contributed by atoms with E-state index in [2.05, 4.69) is 223 Å². The van der Waals surface area contributed by atoms with E-state index in [0.717, 1.165) is 30.8 Å². The minimum absolute atomic E-state index is 0.0436. The quantitative estimate of drug-likeness (QED) is 0.175. The van der Waals surface area contributed by atoms with Crippen LogP contribution in [0.2, 0.25) is 0 Å². The summed E-state index contributed by atoms with van der Waals surface area (Å²) in [5.41, 5.74) is 19.7. The van der Waals surface area contributed by atoms with Crippen molar-refractivity contribution in [3.05, 3.63) is 273 Å². The number of allylic oxidation sites excluding steroid dienone is 6. The zero-order chi connectivity index (χ0) is 42.7. The van der Waals surface area contributed by atoms with Gasteiger partial charge in [0.05, 0.1) is 16.9 Å². The molecular formula is C62H43NOS. The van der Waals surface area contributed by atoms with Gasteiger partial charge in [0.2, 0.25) is 0 Å². The number of hydrogen-bond donors (Lipinski definition) is 0. The van der Waals surface area contributed by atoms with Crippen molar-refractivity contribution in [2.75, 3.05) is 4.90 Å². The summed E-state index contributed by atoms with van der Waals surface area (Å²) in [4.78, 5) is 5.39. The number of ether oxygens (including phenoxy) is 1. The van der Waals surface area contributed by atoms with Gasteiger partial charge < -0.3 is 9.64 Å². The molecule has 4 aliphatic carbocycles. The molecule has 0 saturated carbocycles. The minimum Gasteiger partial charge on any atom is -0.457 e. The molecule has 2 heterocycles. The molecule has 0 fully saturated rings. The van der Waals surface area contributed by atoms with E-state index in [0.29, 0.717) is 0 Å². The van der Waals surface area contributed by atoms with E-state index in [4.69, 9.17) is 4.74 Å². The molecule has 1 atom stereocenters. The SMILES string of the molecule is C1=CC(c2ccc(N(c3ccc4c(c3)C3(c5ccccc5Oc5ccccc53)c3ccccc3-4)C3C=CC4=C(C3)Sc3ccccc3C43c4ccccc4-c4ccccc43)cc2)=CCC1. The van der Waals surface area contributed by atoms with Crippen molar-refractivity contribution < 1.29 is 4.74 Å². The van der Waals surface area contributed by atoms with Gasteiger partial charge in [-0.25, -0.2) is 0 Å². The molecule has 2 spiro atoms. The molecule has 8 aromatic carbocycles. The van der Waals surface area contributed by atoms with Crippen molar-refractivity contribution in [3.8, 4) is 33.8 Å². The Labute approximate surface area is 384 Å².